The average Bonchev–Trinajstić information content (AvgIpc) is 3.04. The summed E-state index contributed by atoms with van der Waals surface area (Å²) < 4.78 is 5.52. The van der Waals surface area contributed by atoms with E-state index in [2.05, 4.69) is 28.5 Å². The molecule has 0 aromatic carbocycles. The third-order valence-electron chi connectivity index (χ3n) is 5.41. The molecule has 1 atom stereocenters. The van der Waals surface area contributed by atoms with E-state index in [4.69, 9.17) is 15.5 Å². The van der Waals surface area contributed by atoms with Gasteiger partial charge in [-0.25, -0.2) is 0 Å². The first kappa shape index (κ1) is 16.4. The molecule has 3 aliphatic heterocycles. The lowest BCUT2D eigenvalue weighted by molar-refractivity contribution is -0.0105. The summed E-state index contributed by atoms with van der Waals surface area (Å²) in [6.45, 7) is 9.09. The number of piperidine rings is 1. The number of morpholine rings is 1. The van der Waals surface area contributed by atoms with Gasteiger partial charge in [0.15, 0.2) is 5.96 Å². The molecule has 22 heavy (non-hydrogen) atoms. The van der Waals surface area contributed by atoms with Crippen LogP contribution in [-0.4, -0.2) is 78.7 Å². The standard InChI is InChI=1S/C16H30N4OS/c1-14-2-5-19(6-3-14)15(17)18-12-16(4-11-22-13-16)20-7-9-21-10-8-20/h14H,2-13H2,1H3,(H2,17,18). The van der Waals surface area contributed by atoms with Crippen LogP contribution in [0.15, 0.2) is 4.99 Å². The number of likely N-dealkylation sites (tertiary alicyclic amines) is 1. The minimum atomic E-state index is 0.210. The highest BCUT2D eigenvalue weighted by atomic mass is 32.2. The van der Waals surface area contributed by atoms with Gasteiger partial charge in [-0.1, -0.05) is 6.92 Å². The van der Waals surface area contributed by atoms with Crippen LogP contribution in [0.2, 0.25) is 0 Å². The molecule has 3 saturated heterocycles. The molecule has 6 heteroatoms. The molecular weight excluding hydrogens is 296 g/mol. The molecule has 5 nitrogen and oxygen atoms in total. The Balaban J connectivity index is 1.62. The molecule has 0 radical (unpaired) electrons. The number of nitrogens with two attached hydrogens (primary N) is 1. The van der Waals surface area contributed by atoms with E-state index in [1.165, 1.54) is 30.8 Å². The maximum atomic E-state index is 6.29. The normalized spacial score (nSPS) is 32.6. The van der Waals surface area contributed by atoms with Crippen LogP contribution in [0.3, 0.4) is 0 Å². The van der Waals surface area contributed by atoms with E-state index < -0.39 is 0 Å². The predicted octanol–water partition coefficient (Wildman–Crippen LogP) is 1.24. The van der Waals surface area contributed by atoms with Gasteiger partial charge in [0, 0.05) is 31.9 Å². The summed E-state index contributed by atoms with van der Waals surface area (Å²) in [7, 11) is 0. The molecule has 3 rings (SSSR count). The van der Waals surface area contributed by atoms with Gasteiger partial charge < -0.3 is 15.4 Å². The number of rotatable bonds is 3. The fraction of sp³-hybridized carbons (Fsp3) is 0.938. The highest BCUT2D eigenvalue weighted by Gasteiger charge is 2.40. The molecule has 126 valence electrons. The Bertz CT molecular complexity index is 384. The quantitative estimate of drug-likeness (QED) is 0.625. The Morgan fingerprint density at radius 2 is 2.00 bits per heavy atom. The summed E-state index contributed by atoms with van der Waals surface area (Å²) in [6, 6.07) is 0. The van der Waals surface area contributed by atoms with Crippen molar-refractivity contribution in [1.82, 2.24) is 9.80 Å². The van der Waals surface area contributed by atoms with Gasteiger partial charge in [0.2, 0.25) is 0 Å². The molecule has 0 aliphatic carbocycles. The van der Waals surface area contributed by atoms with Gasteiger partial charge in [0.05, 0.1) is 25.3 Å². The Morgan fingerprint density at radius 1 is 1.27 bits per heavy atom. The molecule has 1 unspecified atom stereocenters. The number of thioether (sulfide) groups is 1. The van der Waals surface area contributed by atoms with Crippen molar-refractivity contribution >= 4 is 17.7 Å². The first-order valence-corrected chi connectivity index (χ1v) is 9.80. The molecular formula is C16H30N4OS. The highest BCUT2D eigenvalue weighted by molar-refractivity contribution is 7.99. The lowest BCUT2D eigenvalue weighted by Gasteiger charge is -2.42. The van der Waals surface area contributed by atoms with Gasteiger partial charge in [0.25, 0.3) is 0 Å². The Labute approximate surface area is 138 Å². The minimum absolute atomic E-state index is 0.210. The average molecular weight is 327 g/mol. The van der Waals surface area contributed by atoms with Crippen LogP contribution in [0.25, 0.3) is 0 Å². The molecule has 0 bridgehead atoms. The van der Waals surface area contributed by atoms with Gasteiger partial charge in [0.1, 0.15) is 0 Å². The van der Waals surface area contributed by atoms with E-state index in [-0.39, 0.29) is 5.54 Å². The number of aliphatic imine (C=N–C) groups is 1. The summed E-state index contributed by atoms with van der Waals surface area (Å²) in [5.74, 6) is 4.01. The molecule has 0 aromatic heterocycles. The van der Waals surface area contributed by atoms with Crippen molar-refractivity contribution in [3.05, 3.63) is 0 Å². The van der Waals surface area contributed by atoms with Crippen LogP contribution in [0.5, 0.6) is 0 Å². The van der Waals surface area contributed by atoms with Crippen LogP contribution in [-0.2, 0) is 4.74 Å². The number of nitrogens with zero attached hydrogens (tertiary/aromatic N) is 3. The maximum Gasteiger partial charge on any atom is 0.191 e. The number of hydrogen-bond donors (Lipinski definition) is 1. The van der Waals surface area contributed by atoms with Crippen LogP contribution >= 0.6 is 11.8 Å². The molecule has 0 amide bonds. The van der Waals surface area contributed by atoms with Crippen LogP contribution in [0.4, 0.5) is 0 Å². The second-order valence-electron chi connectivity index (χ2n) is 6.97. The van der Waals surface area contributed by atoms with Crippen molar-refractivity contribution in [2.24, 2.45) is 16.6 Å². The molecule has 3 aliphatic rings. The first-order chi connectivity index (χ1) is 10.7. The topological polar surface area (TPSA) is 54.1 Å². The van der Waals surface area contributed by atoms with Crippen LogP contribution in [0, 0.1) is 5.92 Å². The SMILES string of the molecule is CC1CCN(C(N)=NCC2(N3CCOCC3)CCSC2)CC1. The number of ether oxygens (including phenoxy) is 1. The van der Waals surface area contributed by atoms with Gasteiger partial charge in [-0.2, -0.15) is 11.8 Å². The molecule has 3 fully saturated rings. The van der Waals surface area contributed by atoms with E-state index in [1.54, 1.807) is 0 Å². The van der Waals surface area contributed by atoms with Gasteiger partial charge >= 0.3 is 0 Å². The van der Waals surface area contributed by atoms with Crippen molar-refractivity contribution in [3.8, 4) is 0 Å². The predicted molar refractivity (Wildman–Crippen MR) is 93.5 cm³/mol. The van der Waals surface area contributed by atoms with Gasteiger partial charge in [-0.05, 0) is 30.9 Å². The lowest BCUT2D eigenvalue weighted by Crippen LogP contribution is -2.56. The third-order valence-corrected chi connectivity index (χ3v) is 6.64. The largest absolute Gasteiger partial charge is 0.379 e. The fourth-order valence-corrected chi connectivity index (χ4v) is 5.14. The van der Waals surface area contributed by atoms with Crippen LogP contribution in [0.1, 0.15) is 26.2 Å². The smallest absolute Gasteiger partial charge is 0.191 e. The first-order valence-electron chi connectivity index (χ1n) is 8.65. The zero-order chi connectivity index (χ0) is 15.4. The minimum Gasteiger partial charge on any atom is -0.379 e. The van der Waals surface area contributed by atoms with Gasteiger partial charge in [-0.15, -0.1) is 0 Å². The van der Waals surface area contributed by atoms with E-state index in [0.717, 1.165) is 57.8 Å². The number of hydrogen-bond acceptors (Lipinski definition) is 4. The summed E-state index contributed by atoms with van der Waals surface area (Å²) in [4.78, 5) is 9.70. The molecule has 2 N–H and O–H groups in total. The molecule has 0 saturated carbocycles. The van der Waals surface area contributed by atoms with E-state index in [0.29, 0.717) is 0 Å². The summed E-state index contributed by atoms with van der Waals surface area (Å²) in [5, 5.41) is 0. The fourth-order valence-electron chi connectivity index (χ4n) is 3.67. The molecule has 0 spiro atoms. The molecule has 0 aromatic rings. The summed E-state index contributed by atoms with van der Waals surface area (Å²) in [6.07, 6.45) is 3.70. The second kappa shape index (κ2) is 7.41. The Morgan fingerprint density at radius 3 is 2.64 bits per heavy atom. The van der Waals surface area contributed by atoms with E-state index in [9.17, 15) is 0 Å². The summed E-state index contributed by atoms with van der Waals surface area (Å²) >= 11 is 2.06. The highest BCUT2D eigenvalue weighted by Crippen LogP contribution is 2.34. The number of guanidine groups is 1. The second-order valence-corrected chi connectivity index (χ2v) is 8.08. The van der Waals surface area contributed by atoms with E-state index >= 15 is 0 Å². The summed E-state index contributed by atoms with van der Waals surface area (Å²) in [5.41, 5.74) is 6.50. The van der Waals surface area contributed by atoms with Crippen molar-refractivity contribution < 1.29 is 4.74 Å². The van der Waals surface area contributed by atoms with Gasteiger partial charge in [-0.3, -0.25) is 9.89 Å². The monoisotopic (exact) mass is 326 g/mol. The Kier molecular flexibility index (Phi) is 5.52. The zero-order valence-electron chi connectivity index (χ0n) is 13.8. The maximum absolute atomic E-state index is 6.29. The van der Waals surface area contributed by atoms with Crippen LogP contribution < -0.4 is 5.73 Å². The van der Waals surface area contributed by atoms with Crippen molar-refractivity contribution in [1.29, 1.82) is 0 Å². The molecule has 3 heterocycles. The zero-order valence-corrected chi connectivity index (χ0v) is 14.6. The van der Waals surface area contributed by atoms with Crippen molar-refractivity contribution in [2.75, 3.05) is 57.4 Å². The van der Waals surface area contributed by atoms with E-state index in [1.807, 2.05) is 0 Å². The Hall–Kier alpha value is -0.460. The lowest BCUT2D eigenvalue weighted by atomic mass is 9.96. The van der Waals surface area contributed by atoms with Crippen molar-refractivity contribution in [3.63, 3.8) is 0 Å². The van der Waals surface area contributed by atoms with Crippen molar-refractivity contribution in [2.45, 2.75) is 31.7 Å². The third kappa shape index (κ3) is 3.71.